The molecular weight excluding hydrogens is 278 g/mol. The molecule has 2 aliphatic rings. The molecule has 22 heavy (non-hydrogen) atoms. The maximum absolute atomic E-state index is 10.1. The number of fused-ring (bicyclic) bond motifs is 1. The van der Waals surface area contributed by atoms with Gasteiger partial charge in [-0.3, -0.25) is 0 Å². The van der Waals surface area contributed by atoms with Crippen molar-refractivity contribution in [3.63, 3.8) is 0 Å². The number of ether oxygens (including phenoxy) is 2. The van der Waals surface area contributed by atoms with Gasteiger partial charge in [0.2, 0.25) is 0 Å². The molecule has 0 saturated heterocycles. The van der Waals surface area contributed by atoms with Gasteiger partial charge < -0.3 is 19.5 Å². The summed E-state index contributed by atoms with van der Waals surface area (Å²) in [6, 6.07) is 6.13. The molecule has 1 N–H and O–H groups in total. The van der Waals surface area contributed by atoms with Gasteiger partial charge in [0.05, 0.1) is 19.3 Å². The quantitative estimate of drug-likeness (QED) is 0.929. The Morgan fingerprint density at radius 2 is 1.95 bits per heavy atom. The first-order valence-electron chi connectivity index (χ1n) is 8.48. The van der Waals surface area contributed by atoms with Crippen molar-refractivity contribution < 1.29 is 14.6 Å². The average Bonchev–Trinajstić information content (AvgIpc) is 2.76. The van der Waals surface area contributed by atoms with Crippen molar-refractivity contribution in [3.8, 4) is 11.5 Å². The molecule has 1 heterocycles. The van der Waals surface area contributed by atoms with Gasteiger partial charge >= 0.3 is 0 Å². The normalized spacial score (nSPS) is 25.0. The Labute approximate surface area is 133 Å². The first kappa shape index (κ1) is 15.6. The molecule has 1 aromatic rings. The van der Waals surface area contributed by atoms with Gasteiger partial charge in [0.1, 0.15) is 0 Å². The monoisotopic (exact) mass is 305 g/mol. The maximum Gasteiger partial charge on any atom is 0.165 e. The van der Waals surface area contributed by atoms with E-state index < -0.39 is 0 Å². The second-order valence-electron chi connectivity index (χ2n) is 6.60. The van der Waals surface area contributed by atoms with E-state index in [2.05, 4.69) is 18.0 Å². The molecular formula is C18H27NO3. The number of rotatable bonds is 4. The maximum atomic E-state index is 10.1. The van der Waals surface area contributed by atoms with Crippen LogP contribution >= 0.6 is 0 Å². The highest BCUT2D eigenvalue weighted by atomic mass is 16.5. The molecule has 1 saturated carbocycles. The summed E-state index contributed by atoms with van der Waals surface area (Å²) < 4.78 is 11.6. The molecule has 1 fully saturated rings. The lowest BCUT2D eigenvalue weighted by Gasteiger charge is -2.31. The SMILES string of the molecule is CN(Cc1cccc2c1OCCCO2)CC1CCCCC1O. The number of benzene rings is 1. The molecule has 2 unspecified atom stereocenters. The molecule has 4 nitrogen and oxygen atoms in total. The van der Waals surface area contributed by atoms with E-state index >= 15 is 0 Å². The first-order chi connectivity index (χ1) is 10.7. The van der Waals surface area contributed by atoms with Crippen LogP contribution in [0.2, 0.25) is 0 Å². The fourth-order valence-electron chi connectivity index (χ4n) is 3.54. The van der Waals surface area contributed by atoms with Gasteiger partial charge in [-0.05, 0) is 31.9 Å². The molecule has 0 amide bonds. The van der Waals surface area contributed by atoms with E-state index in [1.807, 2.05) is 12.1 Å². The van der Waals surface area contributed by atoms with Gasteiger partial charge in [0.15, 0.2) is 11.5 Å². The van der Waals surface area contributed by atoms with Crippen LogP contribution in [0.3, 0.4) is 0 Å². The van der Waals surface area contributed by atoms with E-state index in [0.717, 1.165) is 57.1 Å². The Hall–Kier alpha value is -1.26. The standard InChI is InChI=1S/C18H27NO3/c1-19(12-14-6-2-3-8-16(14)20)13-15-7-4-9-17-18(15)22-11-5-10-21-17/h4,7,9,14,16,20H,2-3,5-6,8,10-13H2,1H3. The summed E-state index contributed by atoms with van der Waals surface area (Å²) in [7, 11) is 2.12. The Bertz CT molecular complexity index is 491. The van der Waals surface area contributed by atoms with Crippen molar-refractivity contribution in [2.75, 3.05) is 26.8 Å². The molecule has 0 aromatic heterocycles. The fraction of sp³-hybridized carbons (Fsp3) is 0.667. The molecule has 1 aliphatic carbocycles. The topological polar surface area (TPSA) is 41.9 Å². The summed E-state index contributed by atoms with van der Waals surface area (Å²) in [5.41, 5.74) is 1.17. The molecule has 2 atom stereocenters. The van der Waals surface area contributed by atoms with Crippen LogP contribution in [0.1, 0.15) is 37.7 Å². The van der Waals surface area contributed by atoms with Gasteiger partial charge in [0.25, 0.3) is 0 Å². The largest absolute Gasteiger partial charge is 0.490 e. The first-order valence-corrected chi connectivity index (χ1v) is 8.48. The highest BCUT2D eigenvalue weighted by Crippen LogP contribution is 2.34. The molecule has 3 rings (SSSR count). The van der Waals surface area contributed by atoms with Gasteiger partial charge in [-0.15, -0.1) is 0 Å². The van der Waals surface area contributed by atoms with E-state index in [9.17, 15) is 5.11 Å². The third-order valence-corrected chi connectivity index (χ3v) is 4.71. The average molecular weight is 305 g/mol. The molecule has 0 spiro atoms. The zero-order valence-electron chi connectivity index (χ0n) is 13.5. The minimum Gasteiger partial charge on any atom is -0.490 e. The second-order valence-corrected chi connectivity index (χ2v) is 6.60. The molecule has 1 aromatic carbocycles. The predicted octanol–water partition coefficient (Wildman–Crippen LogP) is 2.83. The minimum atomic E-state index is -0.135. The summed E-state index contributed by atoms with van der Waals surface area (Å²) >= 11 is 0. The Kier molecular flexibility index (Phi) is 5.21. The van der Waals surface area contributed by atoms with Crippen molar-refractivity contribution in [2.24, 2.45) is 5.92 Å². The zero-order chi connectivity index (χ0) is 15.4. The van der Waals surface area contributed by atoms with E-state index in [0.29, 0.717) is 5.92 Å². The third-order valence-electron chi connectivity index (χ3n) is 4.71. The minimum absolute atomic E-state index is 0.135. The Morgan fingerprint density at radius 1 is 1.14 bits per heavy atom. The number of aliphatic hydroxyl groups excluding tert-OH is 1. The summed E-state index contributed by atoms with van der Waals surface area (Å²) in [4.78, 5) is 2.29. The van der Waals surface area contributed by atoms with E-state index in [1.165, 1.54) is 18.4 Å². The van der Waals surface area contributed by atoms with Crippen LogP contribution in [0, 0.1) is 5.92 Å². The Balaban J connectivity index is 1.65. The van der Waals surface area contributed by atoms with Crippen LogP contribution in [0.15, 0.2) is 18.2 Å². The fourth-order valence-corrected chi connectivity index (χ4v) is 3.54. The van der Waals surface area contributed by atoms with Crippen LogP contribution in [0.5, 0.6) is 11.5 Å². The number of nitrogens with zero attached hydrogens (tertiary/aromatic N) is 1. The van der Waals surface area contributed by atoms with Crippen LogP contribution in [-0.4, -0.2) is 42.9 Å². The summed E-state index contributed by atoms with van der Waals surface area (Å²) in [5.74, 6) is 2.16. The second kappa shape index (κ2) is 7.34. The van der Waals surface area contributed by atoms with Gasteiger partial charge in [-0.2, -0.15) is 0 Å². The number of hydrogen-bond acceptors (Lipinski definition) is 4. The van der Waals surface area contributed by atoms with Crippen LogP contribution in [-0.2, 0) is 6.54 Å². The zero-order valence-corrected chi connectivity index (χ0v) is 13.5. The van der Waals surface area contributed by atoms with Crippen LogP contribution < -0.4 is 9.47 Å². The highest BCUT2D eigenvalue weighted by molar-refractivity contribution is 5.47. The summed E-state index contributed by atoms with van der Waals surface area (Å²) in [5, 5.41) is 10.1. The predicted molar refractivity (Wildman–Crippen MR) is 86.3 cm³/mol. The van der Waals surface area contributed by atoms with E-state index in [-0.39, 0.29) is 6.10 Å². The van der Waals surface area contributed by atoms with Crippen molar-refractivity contribution in [3.05, 3.63) is 23.8 Å². The van der Waals surface area contributed by atoms with Crippen LogP contribution in [0.4, 0.5) is 0 Å². The van der Waals surface area contributed by atoms with Gasteiger partial charge in [0, 0.05) is 25.1 Å². The lowest BCUT2D eigenvalue weighted by molar-refractivity contribution is 0.0500. The molecule has 0 bridgehead atoms. The third kappa shape index (κ3) is 3.73. The van der Waals surface area contributed by atoms with E-state index in [1.54, 1.807) is 0 Å². The van der Waals surface area contributed by atoms with Crippen molar-refractivity contribution in [1.29, 1.82) is 0 Å². The Morgan fingerprint density at radius 3 is 2.82 bits per heavy atom. The van der Waals surface area contributed by atoms with E-state index in [4.69, 9.17) is 9.47 Å². The number of aliphatic hydroxyl groups is 1. The molecule has 1 aliphatic heterocycles. The van der Waals surface area contributed by atoms with Crippen molar-refractivity contribution >= 4 is 0 Å². The van der Waals surface area contributed by atoms with Gasteiger partial charge in [-0.1, -0.05) is 25.0 Å². The molecule has 122 valence electrons. The number of para-hydroxylation sites is 1. The smallest absolute Gasteiger partial charge is 0.165 e. The molecule has 0 radical (unpaired) electrons. The van der Waals surface area contributed by atoms with Gasteiger partial charge in [-0.25, -0.2) is 0 Å². The number of hydrogen-bond donors (Lipinski definition) is 1. The molecule has 4 heteroatoms. The lowest BCUT2D eigenvalue weighted by Crippen LogP contribution is -2.34. The summed E-state index contributed by atoms with van der Waals surface area (Å²) in [6.07, 6.45) is 5.29. The highest BCUT2D eigenvalue weighted by Gasteiger charge is 2.24. The van der Waals surface area contributed by atoms with Crippen molar-refractivity contribution in [2.45, 2.75) is 44.8 Å². The van der Waals surface area contributed by atoms with Crippen molar-refractivity contribution in [1.82, 2.24) is 4.90 Å². The summed E-state index contributed by atoms with van der Waals surface area (Å²) in [6.45, 7) is 3.21. The van der Waals surface area contributed by atoms with Crippen LogP contribution in [0.25, 0.3) is 0 Å². The lowest BCUT2D eigenvalue weighted by atomic mass is 9.86.